The Labute approximate surface area is 175 Å². The summed E-state index contributed by atoms with van der Waals surface area (Å²) in [6.07, 6.45) is 4.73. The maximum Gasteiger partial charge on any atom is 0.254 e. The minimum atomic E-state index is -1.13. The van der Waals surface area contributed by atoms with Gasteiger partial charge in [-0.2, -0.15) is 0 Å². The van der Waals surface area contributed by atoms with Gasteiger partial charge in [0.1, 0.15) is 11.4 Å². The van der Waals surface area contributed by atoms with Crippen LogP contribution in [-0.4, -0.2) is 65.5 Å². The van der Waals surface area contributed by atoms with Gasteiger partial charge in [-0.15, -0.1) is 0 Å². The van der Waals surface area contributed by atoms with E-state index in [4.69, 9.17) is 4.42 Å². The molecular formula is C23H27N3O4. The lowest BCUT2D eigenvalue weighted by atomic mass is 9.94. The van der Waals surface area contributed by atoms with Crippen LogP contribution >= 0.6 is 0 Å². The monoisotopic (exact) mass is 409 g/mol. The number of anilines is 1. The van der Waals surface area contributed by atoms with Crippen molar-refractivity contribution in [2.45, 2.75) is 37.3 Å². The lowest BCUT2D eigenvalue weighted by Gasteiger charge is -2.36. The van der Waals surface area contributed by atoms with Crippen molar-refractivity contribution in [1.29, 1.82) is 0 Å². The number of aliphatic hydroxyl groups is 1. The van der Waals surface area contributed by atoms with Gasteiger partial charge in [-0.1, -0.05) is 12.1 Å². The number of amides is 2. The van der Waals surface area contributed by atoms with Gasteiger partial charge < -0.3 is 24.2 Å². The minimum absolute atomic E-state index is 0.00657. The molecule has 1 saturated heterocycles. The standard InChI is InChI=1S/C23H27N3O4/c1-24-18(6-7-20-19(24)8-15-30-20)16-2-4-17(5-3-16)21(27)25-11-13-26(14-12-25)22(28)23(29)9-10-23/h2-5,8,15,18,29H,6-7,9-14H2,1H3. The fourth-order valence-electron chi connectivity index (χ4n) is 4.62. The molecule has 1 aliphatic carbocycles. The lowest BCUT2D eigenvalue weighted by Crippen LogP contribution is -2.53. The summed E-state index contributed by atoms with van der Waals surface area (Å²) in [6.45, 7) is 1.95. The molecule has 0 bridgehead atoms. The summed E-state index contributed by atoms with van der Waals surface area (Å²) in [4.78, 5) is 30.9. The van der Waals surface area contributed by atoms with Gasteiger partial charge in [0.15, 0.2) is 0 Å². The summed E-state index contributed by atoms with van der Waals surface area (Å²) in [7, 11) is 2.08. The molecule has 0 radical (unpaired) electrons. The number of carbonyl (C=O) groups is 2. The van der Waals surface area contributed by atoms with Crippen LogP contribution in [0.25, 0.3) is 0 Å². The first-order valence-corrected chi connectivity index (χ1v) is 10.7. The third-order valence-corrected chi connectivity index (χ3v) is 6.73. The van der Waals surface area contributed by atoms with Crippen molar-refractivity contribution >= 4 is 17.5 Å². The summed E-state index contributed by atoms with van der Waals surface area (Å²) in [6, 6.07) is 10.2. The van der Waals surface area contributed by atoms with E-state index in [1.165, 1.54) is 5.56 Å². The fraction of sp³-hybridized carbons (Fsp3) is 0.478. The van der Waals surface area contributed by atoms with Gasteiger partial charge in [0.05, 0.1) is 18.0 Å². The number of rotatable bonds is 3. The number of nitrogens with zero attached hydrogens (tertiary/aromatic N) is 3. The molecule has 7 nitrogen and oxygen atoms in total. The molecule has 1 aromatic carbocycles. The second-order valence-corrected chi connectivity index (χ2v) is 8.63. The highest BCUT2D eigenvalue weighted by atomic mass is 16.3. The van der Waals surface area contributed by atoms with E-state index < -0.39 is 5.60 Å². The second kappa shape index (κ2) is 7.16. The number of benzene rings is 1. The average molecular weight is 409 g/mol. The van der Waals surface area contributed by atoms with E-state index in [0.717, 1.165) is 24.3 Å². The molecule has 3 aliphatic rings. The van der Waals surface area contributed by atoms with Crippen LogP contribution in [0.15, 0.2) is 41.0 Å². The molecular weight excluding hydrogens is 382 g/mol. The van der Waals surface area contributed by atoms with Gasteiger partial charge >= 0.3 is 0 Å². The molecule has 1 N–H and O–H groups in total. The Morgan fingerprint density at radius 1 is 1.03 bits per heavy atom. The maximum absolute atomic E-state index is 12.9. The summed E-state index contributed by atoms with van der Waals surface area (Å²) in [5.74, 6) is 0.844. The first-order chi connectivity index (χ1) is 14.5. The predicted octanol–water partition coefficient (Wildman–Crippen LogP) is 2.21. The summed E-state index contributed by atoms with van der Waals surface area (Å²) >= 11 is 0. The fourth-order valence-corrected chi connectivity index (χ4v) is 4.62. The van der Waals surface area contributed by atoms with Crippen LogP contribution in [0, 0.1) is 0 Å². The maximum atomic E-state index is 12.9. The zero-order chi connectivity index (χ0) is 20.9. The van der Waals surface area contributed by atoms with E-state index >= 15 is 0 Å². The Morgan fingerprint density at radius 3 is 2.37 bits per heavy atom. The molecule has 3 heterocycles. The van der Waals surface area contributed by atoms with E-state index in [-0.39, 0.29) is 17.9 Å². The van der Waals surface area contributed by atoms with Crippen molar-refractivity contribution in [3.05, 3.63) is 53.5 Å². The summed E-state index contributed by atoms with van der Waals surface area (Å²) < 4.78 is 5.54. The third-order valence-electron chi connectivity index (χ3n) is 6.73. The molecule has 30 heavy (non-hydrogen) atoms. The van der Waals surface area contributed by atoms with Gasteiger partial charge in [-0.05, 0) is 37.0 Å². The third kappa shape index (κ3) is 3.27. The summed E-state index contributed by atoms with van der Waals surface area (Å²) in [5.41, 5.74) is 1.86. The van der Waals surface area contributed by atoms with Crippen LogP contribution in [0.5, 0.6) is 0 Å². The number of piperazine rings is 1. The molecule has 5 rings (SSSR count). The van der Waals surface area contributed by atoms with Crippen LogP contribution in [0.3, 0.4) is 0 Å². The largest absolute Gasteiger partial charge is 0.467 e. The van der Waals surface area contributed by atoms with Crippen LogP contribution in [0.2, 0.25) is 0 Å². The topological polar surface area (TPSA) is 77.2 Å². The average Bonchev–Trinajstić information content (AvgIpc) is 3.34. The molecule has 2 amide bonds. The molecule has 1 unspecified atom stereocenters. The molecule has 158 valence electrons. The van der Waals surface area contributed by atoms with Gasteiger partial charge in [0, 0.05) is 51.3 Å². The Balaban J connectivity index is 1.22. The highest BCUT2D eigenvalue weighted by Gasteiger charge is 2.50. The number of carbonyl (C=O) groups excluding carboxylic acids is 2. The minimum Gasteiger partial charge on any atom is -0.467 e. The molecule has 1 aromatic heterocycles. The van der Waals surface area contributed by atoms with E-state index in [0.29, 0.717) is 44.6 Å². The molecule has 2 fully saturated rings. The Kier molecular flexibility index (Phi) is 4.58. The number of fused-ring (bicyclic) bond motifs is 1. The summed E-state index contributed by atoms with van der Waals surface area (Å²) in [5, 5.41) is 10.0. The van der Waals surface area contributed by atoms with Crippen molar-refractivity contribution < 1.29 is 19.1 Å². The van der Waals surface area contributed by atoms with Gasteiger partial charge in [0.25, 0.3) is 11.8 Å². The number of hydrogen-bond acceptors (Lipinski definition) is 5. The van der Waals surface area contributed by atoms with Crippen molar-refractivity contribution in [2.24, 2.45) is 0 Å². The Morgan fingerprint density at radius 2 is 1.70 bits per heavy atom. The molecule has 0 spiro atoms. The molecule has 1 saturated carbocycles. The van der Waals surface area contributed by atoms with Crippen LogP contribution in [0.4, 0.5) is 5.69 Å². The van der Waals surface area contributed by atoms with E-state index in [1.807, 2.05) is 30.3 Å². The number of furan rings is 1. The SMILES string of the molecule is CN1c2ccoc2CCC1c1ccc(C(=O)N2CCN(C(=O)C3(O)CC3)CC2)cc1. The quantitative estimate of drug-likeness (QED) is 0.841. The first kappa shape index (κ1) is 19.2. The normalized spacial score (nSPS) is 22.6. The lowest BCUT2D eigenvalue weighted by molar-refractivity contribution is -0.143. The highest BCUT2D eigenvalue weighted by molar-refractivity contribution is 5.94. The smallest absolute Gasteiger partial charge is 0.254 e. The predicted molar refractivity (Wildman–Crippen MR) is 111 cm³/mol. The van der Waals surface area contributed by atoms with Crippen molar-refractivity contribution in [1.82, 2.24) is 9.80 Å². The van der Waals surface area contributed by atoms with Gasteiger partial charge in [-0.25, -0.2) is 0 Å². The molecule has 7 heteroatoms. The number of hydrogen-bond donors (Lipinski definition) is 1. The molecule has 2 aliphatic heterocycles. The zero-order valence-electron chi connectivity index (χ0n) is 17.2. The van der Waals surface area contributed by atoms with Gasteiger partial charge in [0.2, 0.25) is 0 Å². The van der Waals surface area contributed by atoms with E-state index in [1.54, 1.807) is 16.1 Å². The van der Waals surface area contributed by atoms with Crippen LogP contribution in [0.1, 0.15) is 47.0 Å². The first-order valence-electron chi connectivity index (χ1n) is 10.7. The Hall–Kier alpha value is -2.80. The highest BCUT2D eigenvalue weighted by Crippen LogP contribution is 2.38. The van der Waals surface area contributed by atoms with Crippen LogP contribution in [-0.2, 0) is 11.2 Å². The number of aryl methyl sites for hydroxylation is 1. The van der Waals surface area contributed by atoms with Crippen molar-refractivity contribution in [3.8, 4) is 0 Å². The second-order valence-electron chi connectivity index (χ2n) is 8.63. The van der Waals surface area contributed by atoms with Gasteiger partial charge in [-0.3, -0.25) is 9.59 Å². The Bertz CT molecular complexity index is 955. The molecule has 1 atom stereocenters. The van der Waals surface area contributed by atoms with Crippen molar-refractivity contribution in [2.75, 3.05) is 38.1 Å². The van der Waals surface area contributed by atoms with Crippen molar-refractivity contribution in [3.63, 3.8) is 0 Å². The van der Waals surface area contributed by atoms with E-state index in [9.17, 15) is 14.7 Å². The zero-order valence-corrected chi connectivity index (χ0v) is 17.2. The molecule has 2 aromatic rings. The van der Waals surface area contributed by atoms with Crippen LogP contribution < -0.4 is 4.90 Å². The van der Waals surface area contributed by atoms with E-state index in [2.05, 4.69) is 11.9 Å².